The quantitative estimate of drug-likeness (QED) is 0.862. The van der Waals surface area contributed by atoms with Gasteiger partial charge in [-0.25, -0.2) is 22.5 Å². The fourth-order valence-corrected chi connectivity index (χ4v) is 2.67. The summed E-state index contributed by atoms with van der Waals surface area (Å²) >= 11 is 0. The average molecular weight is 300 g/mol. The smallest absolute Gasteiger partial charge is 0.243 e. The van der Waals surface area contributed by atoms with Gasteiger partial charge in [0.25, 0.3) is 0 Å². The Hall–Kier alpha value is -1.77. The second kappa shape index (κ2) is 5.70. The van der Waals surface area contributed by atoms with Crippen LogP contribution in [0.3, 0.4) is 0 Å². The molecule has 0 aliphatic heterocycles. The largest absolute Gasteiger partial charge is 0.445 e. The Morgan fingerprint density at radius 3 is 2.80 bits per heavy atom. The highest BCUT2D eigenvalue weighted by molar-refractivity contribution is 7.89. The molecule has 0 radical (unpaired) electrons. The number of hydrogen-bond acceptors (Lipinski definition) is 5. The van der Waals surface area contributed by atoms with Gasteiger partial charge in [-0.15, -0.1) is 0 Å². The van der Waals surface area contributed by atoms with Gasteiger partial charge in [-0.3, -0.25) is 0 Å². The Balaban J connectivity index is 2.21. The van der Waals surface area contributed by atoms with Gasteiger partial charge in [0, 0.05) is 0 Å². The van der Waals surface area contributed by atoms with Crippen molar-refractivity contribution in [3.05, 3.63) is 47.4 Å². The van der Waals surface area contributed by atoms with E-state index in [1.807, 2.05) is 0 Å². The van der Waals surface area contributed by atoms with Crippen LogP contribution in [0.15, 0.2) is 33.7 Å². The standard InChI is InChI=1S/C12H13FN2O4S/c1-8-5-14-12(19-8)6-15-20(17,18)11-4-9(7-16)2-3-10(11)13/h2-5,15-16H,6-7H2,1H3. The van der Waals surface area contributed by atoms with Crippen LogP contribution in [-0.4, -0.2) is 18.5 Å². The van der Waals surface area contributed by atoms with Crippen molar-refractivity contribution in [3.63, 3.8) is 0 Å². The number of rotatable bonds is 5. The summed E-state index contributed by atoms with van der Waals surface area (Å²) in [5.41, 5.74) is 0.304. The van der Waals surface area contributed by atoms with E-state index in [-0.39, 0.29) is 19.0 Å². The molecule has 0 bridgehead atoms. The lowest BCUT2D eigenvalue weighted by Gasteiger charge is -2.07. The minimum Gasteiger partial charge on any atom is -0.445 e. The van der Waals surface area contributed by atoms with Gasteiger partial charge in [0.2, 0.25) is 15.9 Å². The summed E-state index contributed by atoms with van der Waals surface area (Å²) in [7, 11) is -4.05. The third-order valence-electron chi connectivity index (χ3n) is 2.55. The molecule has 0 saturated carbocycles. The van der Waals surface area contributed by atoms with Crippen LogP contribution >= 0.6 is 0 Å². The van der Waals surface area contributed by atoms with Gasteiger partial charge in [-0.2, -0.15) is 0 Å². The molecule has 0 aliphatic carbocycles. The average Bonchev–Trinajstić information content (AvgIpc) is 2.83. The van der Waals surface area contributed by atoms with Crippen LogP contribution in [0.1, 0.15) is 17.2 Å². The predicted molar refractivity (Wildman–Crippen MR) is 67.6 cm³/mol. The summed E-state index contributed by atoms with van der Waals surface area (Å²) in [5, 5.41) is 8.97. The van der Waals surface area contributed by atoms with E-state index in [4.69, 9.17) is 9.52 Å². The van der Waals surface area contributed by atoms with E-state index >= 15 is 0 Å². The first-order valence-electron chi connectivity index (χ1n) is 5.72. The topological polar surface area (TPSA) is 92.4 Å². The summed E-state index contributed by atoms with van der Waals surface area (Å²) in [6, 6.07) is 3.39. The Kier molecular flexibility index (Phi) is 4.17. The van der Waals surface area contributed by atoms with Crippen molar-refractivity contribution in [3.8, 4) is 0 Å². The molecule has 108 valence electrons. The Morgan fingerprint density at radius 1 is 1.45 bits per heavy atom. The van der Waals surface area contributed by atoms with Gasteiger partial charge >= 0.3 is 0 Å². The first-order valence-corrected chi connectivity index (χ1v) is 7.21. The number of aryl methyl sites for hydroxylation is 1. The van der Waals surface area contributed by atoms with Crippen molar-refractivity contribution in [1.29, 1.82) is 0 Å². The molecule has 8 heteroatoms. The van der Waals surface area contributed by atoms with Gasteiger partial charge in [-0.05, 0) is 24.6 Å². The number of sulfonamides is 1. The zero-order valence-electron chi connectivity index (χ0n) is 10.6. The normalized spacial score (nSPS) is 11.8. The highest BCUT2D eigenvalue weighted by atomic mass is 32.2. The molecule has 0 aliphatic rings. The predicted octanol–water partition coefficient (Wildman–Crippen LogP) is 1.09. The number of aromatic nitrogens is 1. The molecule has 0 unspecified atom stereocenters. The molecule has 2 rings (SSSR count). The second-order valence-corrected chi connectivity index (χ2v) is 5.85. The summed E-state index contributed by atoms with van der Waals surface area (Å²) in [5.74, 6) is -0.157. The number of nitrogens with zero attached hydrogens (tertiary/aromatic N) is 1. The zero-order chi connectivity index (χ0) is 14.8. The molecule has 20 heavy (non-hydrogen) atoms. The van der Waals surface area contributed by atoms with Gasteiger partial charge < -0.3 is 9.52 Å². The fourth-order valence-electron chi connectivity index (χ4n) is 1.57. The van der Waals surface area contributed by atoms with E-state index in [2.05, 4.69) is 9.71 Å². The molecular weight excluding hydrogens is 287 g/mol. The summed E-state index contributed by atoms with van der Waals surface area (Å²) < 4.78 is 44.9. The summed E-state index contributed by atoms with van der Waals surface area (Å²) in [6.45, 7) is 1.12. The number of hydrogen-bond donors (Lipinski definition) is 2. The van der Waals surface area contributed by atoms with Crippen LogP contribution in [-0.2, 0) is 23.2 Å². The number of nitrogens with one attached hydrogen (secondary N) is 1. The van der Waals surface area contributed by atoms with Crippen molar-refractivity contribution in [2.45, 2.75) is 25.0 Å². The number of halogens is 1. The zero-order valence-corrected chi connectivity index (χ0v) is 11.4. The van der Waals surface area contributed by atoms with E-state index in [0.717, 1.165) is 12.1 Å². The lowest BCUT2D eigenvalue weighted by atomic mass is 10.2. The van der Waals surface area contributed by atoms with Crippen LogP contribution < -0.4 is 4.72 Å². The second-order valence-electron chi connectivity index (χ2n) is 4.11. The molecule has 0 amide bonds. The Bertz CT molecular complexity index is 712. The van der Waals surface area contributed by atoms with Gasteiger partial charge in [0.15, 0.2) is 0 Å². The van der Waals surface area contributed by atoms with Crippen LogP contribution in [0.2, 0.25) is 0 Å². The molecular formula is C12H13FN2O4S. The van der Waals surface area contributed by atoms with Crippen molar-refractivity contribution in [2.24, 2.45) is 0 Å². The molecule has 1 aromatic carbocycles. The Morgan fingerprint density at radius 2 is 2.20 bits per heavy atom. The van der Waals surface area contributed by atoms with Gasteiger partial charge in [-0.1, -0.05) is 6.07 Å². The minimum atomic E-state index is -4.05. The van der Waals surface area contributed by atoms with Crippen LogP contribution in [0.25, 0.3) is 0 Å². The monoisotopic (exact) mass is 300 g/mol. The molecule has 2 N–H and O–H groups in total. The molecule has 6 nitrogen and oxygen atoms in total. The van der Waals surface area contributed by atoms with Crippen LogP contribution in [0, 0.1) is 12.7 Å². The highest BCUT2D eigenvalue weighted by Gasteiger charge is 2.20. The summed E-state index contributed by atoms with van der Waals surface area (Å²) in [6.07, 6.45) is 1.45. The molecule has 1 heterocycles. The third-order valence-corrected chi connectivity index (χ3v) is 3.97. The fraction of sp³-hybridized carbons (Fsp3) is 0.250. The Labute approximate surface area is 115 Å². The maximum absolute atomic E-state index is 13.6. The van der Waals surface area contributed by atoms with E-state index in [9.17, 15) is 12.8 Å². The van der Waals surface area contributed by atoms with Crippen molar-refractivity contribution in [1.82, 2.24) is 9.71 Å². The number of aliphatic hydroxyl groups is 1. The first kappa shape index (κ1) is 14.6. The van der Waals surface area contributed by atoms with Crippen molar-refractivity contribution < 1.29 is 22.3 Å². The van der Waals surface area contributed by atoms with Crippen LogP contribution in [0.4, 0.5) is 4.39 Å². The molecule has 2 aromatic rings. The molecule has 0 spiro atoms. The molecule has 1 aromatic heterocycles. The molecule has 0 fully saturated rings. The highest BCUT2D eigenvalue weighted by Crippen LogP contribution is 2.17. The minimum absolute atomic E-state index is 0.182. The van der Waals surface area contributed by atoms with Crippen LogP contribution in [0.5, 0.6) is 0 Å². The van der Waals surface area contributed by atoms with E-state index in [1.165, 1.54) is 12.3 Å². The van der Waals surface area contributed by atoms with Crippen molar-refractivity contribution >= 4 is 10.0 Å². The molecule has 0 saturated heterocycles. The summed E-state index contributed by atoms with van der Waals surface area (Å²) in [4.78, 5) is 3.32. The van der Waals surface area contributed by atoms with Gasteiger partial charge in [0.1, 0.15) is 16.5 Å². The number of aliphatic hydroxyl groups excluding tert-OH is 1. The maximum atomic E-state index is 13.6. The molecule has 0 atom stereocenters. The van der Waals surface area contributed by atoms with E-state index in [0.29, 0.717) is 11.3 Å². The van der Waals surface area contributed by atoms with E-state index in [1.54, 1.807) is 6.92 Å². The van der Waals surface area contributed by atoms with E-state index < -0.39 is 20.7 Å². The first-order chi connectivity index (χ1) is 9.42. The number of benzene rings is 1. The number of oxazole rings is 1. The van der Waals surface area contributed by atoms with Gasteiger partial charge in [0.05, 0.1) is 19.3 Å². The van der Waals surface area contributed by atoms with Crippen molar-refractivity contribution in [2.75, 3.05) is 0 Å². The maximum Gasteiger partial charge on any atom is 0.243 e. The SMILES string of the molecule is Cc1cnc(CNS(=O)(=O)c2cc(CO)ccc2F)o1. The lowest BCUT2D eigenvalue weighted by Crippen LogP contribution is -2.24. The third kappa shape index (κ3) is 3.21. The lowest BCUT2D eigenvalue weighted by molar-refractivity contribution is 0.281.